The Kier molecular flexibility index (Phi) is 3.41. The van der Waals surface area contributed by atoms with E-state index in [0.717, 1.165) is 10.7 Å². The first-order chi connectivity index (χ1) is 7.78. The third-order valence-electron chi connectivity index (χ3n) is 1.99. The predicted octanol–water partition coefficient (Wildman–Crippen LogP) is 3.52. The van der Waals surface area contributed by atoms with Gasteiger partial charge in [-0.3, -0.25) is 4.79 Å². The summed E-state index contributed by atoms with van der Waals surface area (Å²) in [5.41, 5.74) is 0. The van der Waals surface area contributed by atoms with Crippen molar-refractivity contribution < 1.29 is 13.6 Å². The van der Waals surface area contributed by atoms with E-state index >= 15 is 0 Å². The Labute approximate surface area is 96.5 Å². The van der Waals surface area contributed by atoms with Crippen molar-refractivity contribution in [3.05, 3.63) is 53.7 Å². The summed E-state index contributed by atoms with van der Waals surface area (Å²) in [6.45, 7) is 0. The second-order valence-electron chi connectivity index (χ2n) is 3.16. The van der Waals surface area contributed by atoms with E-state index in [1.165, 1.54) is 23.9 Å². The van der Waals surface area contributed by atoms with Gasteiger partial charge in [-0.25, -0.2) is 4.39 Å². The van der Waals surface area contributed by atoms with Crippen LogP contribution in [0.5, 0.6) is 0 Å². The van der Waals surface area contributed by atoms with E-state index in [-0.39, 0.29) is 5.82 Å². The summed E-state index contributed by atoms with van der Waals surface area (Å²) in [4.78, 5) is 11.4. The van der Waals surface area contributed by atoms with Crippen molar-refractivity contribution in [1.29, 1.82) is 0 Å². The molecule has 0 N–H and O–H groups in total. The molecule has 0 fully saturated rings. The van der Waals surface area contributed by atoms with Crippen LogP contribution in [0.15, 0.2) is 45.7 Å². The molecule has 0 spiro atoms. The van der Waals surface area contributed by atoms with E-state index in [4.69, 9.17) is 4.42 Å². The number of benzene rings is 1. The molecule has 0 unspecified atom stereocenters. The number of aldehydes is 1. The average Bonchev–Trinajstić information content (AvgIpc) is 2.76. The Morgan fingerprint density at radius 3 is 2.56 bits per heavy atom. The minimum atomic E-state index is -0.245. The highest BCUT2D eigenvalue weighted by Gasteiger charge is 2.02. The van der Waals surface area contributed by atoms with Gasteiger partial charge in [0.25, 0.3) is 0 Å². The molecule has 0 aliphatic rings. The summed E-state index contributed by atoms with van der Waals surface area (Å²) >= 11 is 1.53. The van der Waals surface area contributed by atoms with Gasteiger partial charge in [0.05, 0.1) is 5.75 Å². The SMILES string of the molecule is O=Cc1ccc(CSc2ccc(F)cc2)o1. The van der Waals surface area contributed by atoms with Gasteiger partial charge in [-0.2, -0.15) is 0 Å². The molecule has 82 valence electrons. The van der Waals surface area contributed by atoms with E-state index in [1.807, 2.05) is 0 Å². The number of thioether (sulfide) groups is 1. The highest BCUT2D eigenvalue weighted by molar-refractivity contribution is 7.98. The first kappa shape index (κ1) is 11.0. The Balaban J connectivity index is 1.96. The molecule has 0 atom stereocenters. The Hall–Kier alpha value is -1.55. The molecular formula is C12H9FO2S. The molecule has 16 heavy (non-hydrogen) atoms. The molecule has 2 nitrogen and oxygen atoms in total. The number of furan rings is 1. The van der Waals surface area contributed by atoms with Crippen molar-refractivity contribution in [3.63, 3.8) is 0 Å². The second-order valence-corrected chi connectivity index (χ2v) is 4.21. The second kappa shape index (κ2) is 4.99. The monoisotopic (exact) mass is 236 g/mol. The summed E-state index contributed by atoms with van der Waals surface area (Å²) in [6, 6.07) is 9.66. The molecule has 0 radical (unpaired) electrons. The Morgan fingerprint density at radius 1 is 1.19 bits per heavy atom. The van der Waals surface area contributed by atoms with Gasteiger partial charge in [-0.1, -0.05) is 0 Å². The first-order valence-electron chi connectivity index (χ1n) is 4.70. The topological polar surface area (TPSA) is 30.2 Å². The van der Waals surface area contributed by atoms with E-state index in [2.05, 4.69) is 0 Å². The van der Waals surface area contributed by atoms with Gasteiger partial charge in [0.2, 0.25) is 0 Å². The minimum Gasteiger partial charge on any atom is -0.457 e. The van der Waals surface area contributed by atoms with Gasteiger partial charge in [-0.15, -0.1) is 11.8 Å². The van der Waals surface area contributed by atoms with E-state index < -0.39 is 0 Å². The van der Waals surface area contributed by atoms with E-state index in [9.17, 15) is 9.18 Å². The molecule has 2 aromatic rings. The molecule has 0 aliphatic carbocycles. The predicted molar refractivity (Wildman–Crippen MR) is 60.1 cm³/mol. The lowest BCUT2D eigenvalue weighted by atomic mass is 10.4. The van der Waals surface area contributed by atoms with Crippen molar-refractivity contribution in [2.24, 2.45) is 0 Å². The molecule has 1 heterocycles. The summed E-state index contributed by atoms with van der Waals surface area (Å²) in [5, 5.41) is 0. The van der Waals surface area contributed by atoms with Crippen LogP contribution in [0, 0.1) is 5.82 Å². The average molecular weight is 236 g/mol. The fourth-order valence-electron chi connectivity index (χ4n) is 1.22. The lowest BCUT2D eigenvalue weighted by Crippen LogP contribution is -1.78. The van der Waals surface area contributed by atoms with Gasteiger partial charge >= 0.3 is 0 Å². The highest BCUT2D eigenvalue weighted by atomic mass is 32.2. The van der Waals surface area contributed by atoms with Crippen LogP contribution in [-0.4, -0.2) is 6.29 Å². The molecule has 0 saturated carbocycles. The van der Waals surface area contributed by atoms with Gasteiger partial charge in [0.15, 0.2) is 12.0 Å². The normalized spacial score (nSPS) is 10.3. The van der Waals surface area contributed by atoms with Crippen molar-refractivity contribution in [2.75, 3.05) is 0 Å². The van der Waals surface area contributed by atoms with Gasteiger partial charge < -0.3 is 4.42 Å². The maximum absolute atomic E-state index is 12.6. The molecular weight excluding hydrogens is 227 g/mol. The third kappa shape index (κ3) is 2.73. The fraction of sp³-hybridized carbons (Fsp3) is 0.0833. The number of halogens is 1. The highest BCUT2D eigenvalue weighted by Crippen LogP contribution is 2.23. The molecule has 2 rings (SSSR count). The fourth-order valence-corrected chi connectivity index (χ4v) is 2.01. The van der Waals surface area contributed by atoms with Crippen LogP contribution in [0.1, 0.15) is 16.3 Å². The maximum Gasteiger partial charge on any atom is 0.185 e. The number of hydrogen-bond donors (Lipinski definition) is 0. The Morgan fingerprint density at radius 2 is 1.94 bits per heavy atom. The van der Waals surface area contributed by atoms with Gasteiger partial charge in [0.1, 0.15) is 11.6 Å². The summed E-state index contributed by atoms with van der Waals surface area (Å²) < 4.78 is 17.8. The zero-order chi connectivity index (χ0) is 11.4. The van der Waals surface area contributed by atoms with Crippen LogP contribution >= 0.6 is 11.8 Å². The third-order valence-corrected chi connectivity index (χ3v) is 3.03. The van der Waals surface area contributed by atoms with Crippen LogP contribution in [0.2, 0.25) is 0 Å². The summed E-state index contributed by atoms with van der Waals surface area (Å²) in [5.74, 6) is 1.44. The molecule has 0 aliphatic heterocycles. The van der Waals surface area contributed by atoms with Crippen molar-refractivity contribution in [2.45, 2.75) is 10.6 Å². The largest absolute Gasteiger partial charge is 0.457 e. The molecule has 1 aromatic heterocycles. The van der Waals surface area contributed by atoms with Crippen molar-refractivity contribution in [3.8, 4) is 0 Å². The first-order valence-corrected chi connectivity index (χ1v) is 5.69. The number of hydrogen-bond acceptors (Lipinski definition) is 3. The van der Waals surface area contributed by atoms with Crippen LogP contribution < -0.4 is 0 Å². The van der Waals surface area contributed by atoms with E-state index in [0.29, 0.717) is 17.8 Å². The van der Waals surface area contributed by atoms with Crippen LogP contribution in [0.4, 0.5) is 4.39 Å². The molecule has 0 amide bonds. The minimum absolute atomic E-state index is 0.245. The van der Waals surface area contributed by atoms with Crippen LogP contribution in [-0.2, 0) is 5.75 Å². The van der Waals surface area contributed by atoms with Crippen LogP contribution in [0.25, 0.3) is 0 Å². The van der Waals surface area contributed by atoms with E-state index in [1.54, 1.807) is 24.3 Å². The Bertz CT molecular complexity index is 476. The molecule has 1 aromatic carbocycles. The smallest absolute Gasteiger partial charge is 0.185 e. The number of rotatable bonds is 4. The van der Waals surface area contributed by atoms with Crippen molar-refractivity contribution in [1.82, 2.24) is 0 Å². The number of carbonyl (C=O) groups excluding carboxylic acids is 1. The molecule has 0 bridgehead atoms. The zero-order valence-electron chi connectivity index (χ0n) is 8.35. The number of carbonyl (C=O) groups is 1. The zero-order valence-corrected chi connectivity index (χ0v) is 9.17. The van der Waals surface area contributed by atoms with Crippen LogP contribution in [0.3, 0.4) is 0 Å². The lowest BCUT2D eigenvalue weighted by molar-refractivity contribution is 0.109. The van der Waals surface area contributed by atoms with Gasteiger partial charge in [-0.05, 0) is 36.4 Å². The lowest BCUT2D eigenvalue weighted by Gasteiger charge is -1.98. The summed E-state index contributed by atoms with van der Waals surface area (Å²) in [7, 11) is 0. The van der Waals surface area contributed by atoms with Gasteiger partial charge in [0, 0.05) is 4.90 Å². The molecule has 0 saturated heterocycles. The van der Waals surface area contributed by atoms with Crippen molar-refractivity contribution >= 4 is 18.0 Å². The maximum atomic E-state index is 12.6. The molecule has 4 heteroatoms. The summed E-state index contributed by atoms with van der Waals surface area (Å²) in [6.07, 6.45) is 0.673. The standard InChI is InChI=1S/C12H9FO2S/c13-9-1-5-12(6-2-9)16-8-11-4-3-10(7-14)15-11/h1-7H,8H2. The quantitative estimate of drug-likeness (QED) is 0.601.